The normalized spacial score (nSPS) is 25.3. The van der Waals surface area contributed by atoms with Gasteiger partial charge in [-0.1, -0.05) is 13.0 Å². The summed E-state index contributed by atoms with van der Waals surface area (Å²) < 4.78 is 10.3. The van der Waals surface area contributed by atoms with Crippen LogP contribution in [0.1, 0.15) is 33.1 Å². The molecular weight excluding hydrogens is 180 g/mol. The van der Waals surface area contributed by atoms with Crippen LogP contribution >= 0.6 is 0 Å². The van der Waals surface area contributed by atoms with Crippen LogP contribution in [0.2, 0.25) is 0 Å². The third kappa shape index (κ3) is 3.50. The molecule has 14 heavy (non-hydrogen) atoms. The number of carbonyl (C=O) groups is 1. The van der Waals surface area contributed by atoms with Gasteiger partial charge >= 0.3 is 5.97 Å². The average Bonchev–Trinajstić information content (AvgIpc) is 2.94. The zero-order valence-electron chi connectivity index (χ0n) is 8.91. The minimum Gasteiger partial charge on any atom is -0.463 e. The second kappa shape index (κ2) is 5.15. The van der Waals surface area contributed by atoms with E-state index in [4.69, 9.17) is 9.47 Å². The Morgan fingerprint density at radius 3 is 2.86 bits per heavy atom. The molecule has 1 heterocycles. The molecule has 1 rings (SSSR count). The van der Waals surface area contributed by atoms with Crippen molar-refractivity contribution in [2.75, 3.05) is 13.2 Å². The van der Waals surface area contributed by atoms with Crippen LogP contribution in [-0.2, 0) is 14.3 Å². The van der Waals surface area contributed by atoms with Crippen molar-refractivity contribution in [3.8, 4) is 0 Å². The maximum atomic E-state index is 10.9. The first-order valence-corrected chi connectivity index (χ1v) is 5.16. The molecule has 0 aromatic rings. The lowest BCUT2D eigenvalue weighted by molar-refractivity contribution is -0.137. The van der Waals surface area contributed by atoms with E-state index in [9.17, 15) is 4.79 Å². The number of rotatable bonds is 6. The quantitative estimate of drug-likeness (QED) is 0.284. The molecule has 1 fully saturated rings. The van der Waals surface area contributed by atoms with Crippen molar-refractivity contribution in [1.29, 1.82) is 0 Å². The van der Waals surface area contributed by atoms with Crippen molar-refractivity contribution in [3.63, 3.8) is 0 Å². The Balaban J connectivity index is 2.02. The van der Waals surface area contributed by atoms with Gasteiger partial charge in [-0.25, -0.2) is 4.79 Å². The number of esters is 1. The summed E-state index contributed by atoms with van der Waals surface area (Å²) in [6.07, 6.45) is 6.04. The van der Waals surface area contributed by atoms with Crippen molar-refractivity contribution < 1.29 is 14.3 Å². The zero-order valence-corrected chi connectivity index (χ0v) is 8.91. The molecule has 1 unspecified atom stereocenters. The smallest absolute Gasteiger partial charge is 0.330 e. The number of hydrogen-bond acceptors (Lipinski definition) is 3. The molecule has 1 aliphatic heterocycles. The second-order valence-electron chi connectivity index (χ2n) is 3.60. The highest BCUT2D eigenvalue weighted by molar-refractivity contribution is 5.81. The molecule has 0 spiro atoms. The molecule has 1 aliphatic rings. The molecule has 3 heteroatoms. The van der Waals surface area contributed by atoms with Gasteiger partial charge < -0.3 is 9.47 Å². The minimum absolute atomic E-state index is 0.118. The summed E-state index contributed by atoms with van der Waals surface area (Å²) in [5.74, 6) is -0.255. The Kier molecular flexibility index (Phi) is 4.14. The second-order valence-corrected chi connectivity index (χ2v) is 3.60. The number of hydrogen-bond donors (Lipinski definition) is 0. The molecule has 3 nitrogen and oxygen atoms in total. The van der Waals surface area contributed by atoms with Crippen molar-refractivity contribution in [1.82, 2.24) is 0 Å². The third-order valence-corrected chi connectivity index (χ3v) is 2.52. The fraction of sp³-hybridized carbons (Fsp3) is 0.727. The predicted octanol–water partition coefficient (Wildman–Crippen LogP) is 2.06. The van der Waals surface area contributed by atoms with Crippen LogP contribution in [0.5, 0.6) is 0 Å². The van der Waals surface area contributed by atoms with Gasteiger partial charge in [-0.2, -0.15) is 0 Å². The minimum atomic E-state index is -0.255. The van der Waals surface area contributed by atoms with E-state index in [0.29, 0.717) is 6.61 Å². The van der Waals surface area contributed by atoms with Crippen LogP contribution < -0.4 is 0 Å². The van der Waals surface area contributed by atoms with Crippen molar-refractivity contribution in [3.05, 3.63) is 12.2 Å². The molecule has 0 amide bonds. The third-order valence-electron chi connectivity index (χ3n) is 2.52. The van der Waals surface area contributed by atoms with E-state index >= 15 is 0 Å². The molecule has 0 bridgehead atoms. The molecule has 0 saturated carbocycles. The predicted molar refractivity (Wildman–Crippen MR) is 54.0 cm³/mol. The van der Waals surface area contributed by atoms with E-state index in [1.165, 1.54) is 6.08 Å². The van der Waals surface area contributed by atoms with Gasteiger partial charge in [0.2, 0.25) is 0 Å². The topological polar surface area (TPSA) is 38.8 Å². The highest BCUT2D eigenvalue weighted by Crippen LogP contribution is 2.35. The molecule has 0 aromatic carbocycles. The molecule has 0 aromatic heterocycles. The molecule has 0 aliphatic carbocycles. The molecular formula is C11H18O3. The first-order chi connectivity index (χ1) is 6.72. The van der Waals surface area contributed by atoms with Crippen molar-refractivity contribution >= 4 is 5.97 Å². The lowest BCUT2D eigenvalue weighted by Gasteiger charge is -2.07. The first kappa shape index (κ1) is 11.2. The van der Waals surface area contributed by atoms with Crippen molar-refractivity contribution in [2.45, 2.75) is 38.7 Å². The zero-order chi connectivity index (χ0) is 10.4. The Morgan fingerprint density at radius 2 is 2.36 bits per heavy atom. The van der Waals surface area contributed by atoms with Crippen LogP contribution in [0.4, 0.5) is 0 Å². The standard InChI is InChI=1S/C11H18O3/c1-3-6-10(12)13-8-5-7-11(4-2)9-14-11/h3,6H,4-5,7-9H2,1-2H3. The number of ether oxygens (including phenoxy) is 2. The fourth-order valence-corrected chi connectivity index (χ4v) is 1.38. The van der Waals surface area contributed by atoms with Crippen molar-refractivity contribution in [2.24, 2.45) is 0 Å². The van der Waals surface area contributed by atoms with Crippen LogP contribution in [0, 0.1) is 0 Å². The van der Waals surface area contributed by atoms with Crippen LogP contribution in [0.15, 0.2) is 12.2 Å². The van der Waals surface area contributed by atoms with Gasteiger partial charge in [-0.15, -0.1) is 0 Å². The molecule has 0 N–H and O–H groups in total. The van der Waals surface area contributed by atoms with Gasteiger partial charge in [0.15, 0.2) is 0 Å². The molecule has 80 valence electrons. The van der Waals surface area contributed by atoms with E-state index in [0.717, 1.165) is 25.9 Å². The van der Waals surface area contributed by atoms with E-state index in [1.807, 2.05) is 0 Å². The first-order valence-electron chi connectivity index (χ1n) is 5.16. The van der Waals surface area contributed by atoms with Gasteiger partial charge in [-0.3, -0.25) is 0 Å². The summed E-state index contributed by atoms with van der Waals surface area (Å²) in [5.41, 5.74) is 0.118. The van der Waals surface area contributed by atoms with E-state index in [-0.39, 0.29) is 11.6 Å². The highest BCUT2D eigenvalue weighted by Gasteiger charge is 2.41. The monoisotopic (exact) mass is 198 g/mol. The van der Waals surface area contributed by atoms with Crippen LogP contribution in [-0.4, -0.2) is 24.8 Å². The largest absolute Gasteiger partial charge is 0.463 e. The maximum absolute atomic E-state index is 10.9. The maximum Gasteiger partial charge on any atom is 0.330 e. The molecule has 1 atom stereocenters. The summed E-state index contributed by atoms with van der Waals surface area (Å²) in [4.78, 5) is 10.9. The fourth-order valence-electron chi connectivity index (χ4n) is 1.38. The summed E-state index contributed by atoms with van der Waals surface area (Å²) in [6, 6.07) is 0. The Hall–Kier alpha value is -0.830. The van der Waals surface area contributed by atoms with E-state index < -0.39 is 0 Å². The summed E-state index contributed by atoms with van der Waals surface area (Å²) >= 11 is 0. The SMILES string of the molecule is CC=CC(=O)OCCCC1(CC)CO1. The number of epoxide rings is 1. The Labute approximate surface area is 85.1 Å². The van der Waals surface area contributed by atoms with Gasteiger partial charge in [-0.05, 0) is 26.2 Å². The Morgan fingerprint density at radius 1 is 1.64 bits per heavy atom. The van der Waals surface area contributed by atoms with Crippen LogP contribution in [0.3, 0.4) is 0 Å². The lowest BCUT2D eigenvalue weighted by Crippen LogP contribution is -2.11. The highest BCUT2D eigenvalue weighted by atomic mass is 16.6. The summed E-state index contributed by atoms with van der Waals surface area (Å²) in [7, 11) is 0. The van der Waals surface area contributed by atoms with E-state index in [1.54, 1.807) is 13.0 Å². The van der Waals surface area contributed by atoms with Gasteiger partial charge in [0.25, 0.3) is 0 Å². The van der Waals surface area contributed by atoms with Crippen LogP contribution in [0.25, 0.3) is 0 Å². The molecule has 0 radical (unpaired) electrons. The van der Waals surface area contributed by atoms with Gasteiger partial charge in [0.05, 0.1) is 18.8 Å². The van der Waals surface area contributed by atoms with Gasteiger partial charge in [0, 0.05) is 6.08 Å². The number of carbonyl (C=O) groups excluding carboxylic acids is 1. The Bertz CT molecular complexity index is 217. The molecule has 1 saturated heterocycles. The summed E-state index contributed by atoms with van der Waals surface area (Å²) in [6.45, 7) is 5.28. The van der Waals surface area contributed by atoms with E-state index in [2.05, 4.69) is 6.92 Å². The van der Waals surface area contributed by atoms with Gasteiger partial charge in [0.1, 0.15) is 0 Å². The average molecular weight is 198 g/mol. The summed E-state index contributed by atoms with van der Waals surface area (Å²) in [5, 5.41) is 0. The number of allylic oxidation sites excluding steroid dienone is 1. The lowest BCUT2D eigenvalue weighted by atomic mass is 10.0.